The third kappa shape index (κ3) is 3.73. The van der Waals surface area contributed by atoms with Gasteiger partial charge in [0.05, 0.1) is 10.6 Å². The second kappa shape index (κ2) is 5.99. The number of alkyl halides is 1. The highest BCUT2D eigenvalue weighted by molar-refractivity contribution is 6.33. The first kappa shape index (κ1) is 12.3. The molecule has 0 heterocycles. The summed E-state index contributed by atoms with van der Waals surface area (Å²) in [6.45, 7) is 1.97. The van der Waals surface area contributed by atoms with Crippen LogP contribution >= 0.6 is 23.2 Å². The second-order valence-corrected chi connectivity index (χ2v) is 3.98. The lowest BCUT2D eigenvalue weighted by molar-refractivity contribution is 0.0436. The van der Waals surface area contributed by atoms with Crippen molar-refractivity contribution in [3.8, 4) is 0 Å². The molecule has 15 heavy (non-hydrogen) atoms. The van der Waals surface area contributed by atoms with Gasteiger partial charge in [0, 0.05) is 0 Å². The van der Waals surface area contributed by atoms with Crippen LogP contribution < -0.4 is 0 Å². The lowest BCUT2D eigenvalue weighted by Crippen LogP contribution is -2.13. The highest BCUT2D eigenvalue weighted by atomic mass is 35.5. The summed E-state index contributed by atoms with van der Waals surface area (Å²) in [5.74, 6) is -0.478. The van der Waals surface area contributed by atoms with Gasteiger partial charge in [-0.15, -0.1) is 0 Å². The number of esters is 1. The van der Waals surface area contributed by atoms with E-state index in [4.69, 9.17) is 27.9 Å². The summed E-state index contributed by atoms with van der Waals surface area (Å²) in [4.78, 5) is 11.6. The Balaban J connectivity index is 2.65. The number of carbonyl (C=O) groups excluding carboxylic acids is 1. The summed E-state index contributed by atoms with van der Waals surface area (Å²) in [6.07, 6.45) is 1.50. The van der Waals surface area contributed by atoms with Crippen molar-refractivity contribution in [2.24, 2.45) is 0 Å². The molecule has 4 heteroatoms. The van der Waals surface area contributed by atoms with Gasteiger partial charge in [-0.05, 0) is 18.6 Å². The van der Waals surface area contributed by atoms with E-state index in [-0.39, 0.29) is 0 Å². The molecule has 82 valence electrons. The van der Waals surface area contributed by atoms with Crippen molar-refractivity contribution in [1.29, 1.82) is 0 Å². The van der Waals surface area contributed by atoms with Gasteiger partial charge >= 0.3 is 5.97 Å². The molecule has 0 amide bonds. The number of ether oxygens (including phenoxy) is 1. The van der Waals surface area contributed by atoms with Gasteiger partial charge in [-0.25, -0.2) is 4.79 Å². The van der Waals surface area contributed by atoms with Crippen LogP contribution in [-0.4, -0.2) is 11.5 Å². The van der Waals surface area contributed by atoms with Crippen LogP contribution in [0.2, 0.25) is 5.02 Å². The van der Waals surface area contributed by atoms with E-state index in [1.165, 1.54) is 0 Å². The molecule has 1 aromatic rings. The highest BCUT2D eigenvalue weighted by Crippen LogP contribution is 2.18. The molecule has 0 spiro atoms. The third-order valence-electron chi connectivity index (χ3n) is 1.84. The van der Waals surface area contributed by atoms with Crippen molar-refractivity contribution in [3.63, 3.8) is 0 Å². The predicted molar refractivity (Wildman–Crippen MR) is 61.4 cm³/mol. The zero-order valence-electron chi connectivity index (χ0n) is 8.37. The Bertz CT molecular complexity index is 339. The minimum atomic E-state index is -0.584. The molecule has 0 saturated carbocycles. The van der Waals surface area contributed by atoms with Crippen molar-refractivity contribution in [2.75, 3.05) is 0 Å². The maximum atomic E-state index is 11.6. The number of benzene rings is 1. The van der Waals surface area contributed by atoms with Gasteiger partial charge in [0.15, 0.2) is 5.56 Å². The Morgan fingerprint density at radius 2 is 2.13 bits per heavy atom. The fraction of sp³-hybridized carbons (Fsp3) is 0.364. The van der Waals surface area contributed by atoms with Gasteiger partial charge in [-0.2, -0.15) is 0 Å². The maximum absolute atomic E-state index is 11.6. The Morgan fingerprint density at radius 1 is 1.47 bits per heavy atom. The first-order chi connectivity index (χ1) is 7.15. The molecule has 0 aliphatic carbocycles. The standard InChI is InChI=1S/C11H12Cl2O2/c1-2-5-10(13)15-11(14)8-6-3-4-7-9(8)12/h3-4,6-7,10H,2,5H2,1H3. The zero-order valence-corrected chi connectivity index (χ0v) is 9.89. The molecule has 0 aliphatic heterocycles. The first-order valence-electron chi connectivity index (χ1n) is 4.74. The van der Waals surface area contributed by atoms with Crippen LogP contribution in [-0.2, 0) is 4.74 Å². The third-order valence-corrected chi connectivity index (χ3v) is 2.48. The lowest BCUT2D eigenvalue weighted by atomic mass is 10.2. The van der Waals surface area contributed by atoms with Gasteiger partial charge in [0.25, 0.3) is 0 Å². The van der Waals surface area contributed by atoms with Crippen molar-refractivity contribution >= 4 is 29.2 Å². The normalized spacial score (nSPS) is 12.2. The molecule has 1 unspecified atom stereocenters. The van der Waals surface area contributed by atoms with E-state index in [0.29, 0.717) is 17.0 Å². The van der Waals surface area contributed by atoms with E-state index in [0.717, 1.165) is 6.42 Å². The lowest BCUT2D eigenvalue weighted by Gasteiger charge is -2.10. The molecular weight excluding hydrogens is 235 g/mol. The van der Waals surface area contributed by atoms with Crippen molar-refractivity contribution in [1.82, 2.24) is 0 Å². The SMILES string of the molecule is CCCC(Cl)OC(=O)c1ccccc1Cl. The molecule has 1 rings (SSSR count). The van der Waals surface area contributed by atoms with Gasteiger partial charge in [0.1, 0.15) is 0 Å². The summed E-state index contributed by atoms with van der Waals surface area (Å²) < 4.78 is 5.00. The first-order valence-corrected chi connectivity index (χ1v) is 5.56. The predicted octanol–water partition coefficient (Wildman–Crippen LogP) is 3.86. The highest BCUT2D eigenvalue weighted by Gasteiger charge is 2.14. The summed E-state index contributed by atoms with van der Waals surface area (Å²) >= 11 is 11.6. The van der Waals surface area contributed by atoms with Gasteiger partial charge < -0.3 is 4.74 Å². The van der Waals surface area contributed by atoms with Crippen LogP contribution in [0.5, 0.6) is 0 Å². The topological polar surface area (TPSA) is 26.3 Å². The molecule has 1 aromatic carbocycles. The van der Waals surface area contributed by atoms with E-state index in [1.54, 1.807) is 24.3 Å². The minimum absolute atomic E-state index is 0.348. The van der Waals surface area contributed by atoms with E-state index >= 15 is 0 Å². The van der Waals surface area contributed by atoms with Crippen LogP contribution in [0.1, 0.15) is 30.1 Å². The molecule has 1 atom stereocenters. The molecule has 0 radical (unpaired) electrons. The monoisotopic (exact) mass is 246 g/mol. The molecule has 0 aromatic heterocycles. The fourth-order valence-electron chi connectivity index (χ4n) is 1.09. The molecule has 0 fully saturated rings. The van der Waals surface area contributed by atoms with Crippen LogP contribution in [0.4, 0.5) is 0 Å². The average molecular weight is 247 g/mol. The Kier molecular flexibility index (Phi) is 4.92. The Hall–Kier alpha value is -0.730. The average Bonchev–Trinajstić information content (AvgIpc) is 2.18. The molecule has 2 nitrogen and oxygen atoms in total. The Morgan fingerprint density at radius 3 is 2.73 bits per heavy atom. The van der Waals surface area contributed by atoms with E-state index < -0.39 is 11.5 Å². The molecule has 0 aliphatic rings. The van der Waals surface area contributed by atoms with Crippen LogP contribution in [0.25, 0.3) is 0 Å². The summed E-state index contributed by atoms with van der Waals surface area (Å²) in [5, 5.41) is 0.378. The molecule has 0 bridgehead atoms. The van der Waals surface area contributed by atoms with Gasteiger partial charge in [-0.1, -0.05) is 48.7 Å². The molecule has 0 N–H and O–H groups in total. The van der Waals surface area contributed by atoms with Crippen molar-refractivity contribution < 1.29 is 9.53 Å². The second-order valence-electron chi connectivity index (χ2n) is 3.08. The quantitative estimate of drug-likeness (QED) is 0.596. The van der Waals surface area contributed by atoms with Crippen molar-refractivity contribution in [2.45, 2.75) is 25.3 Å². The smallest absolute Gasteiger partial charge is 0.341 e. The van der Waals surface area contributed by atoms with Gasteiger partial charge in [0.2, 0.25) is 0 Å². The number of hydrogen-bond donors (Lipinski definition) is 0. The van der Waals surface area contributed by atoms with E-state index in [1.807, 2.05) is 6.92 Å². The number of rotatable bonds is 4. The summed E-state index contributed by atoms with van der Waals surface area (Å²) in [6, 6.07) is 6.73. The number of carbonyl (C=O) groups is 1. The minimum Gasteiger partial charge on any atom is -0.442 e. The van der Waals surface area contributed by atoms with E-state index in [9.17, 15) is 4.79 Å². The van der Waals surface area contributed by atoms with Crippen LogP contribution in [0, 0.1) is 0 Å². The maximum Gasteiger partial charge on any atom is 0.341 e. The fourth-order valence-corrected chi connectivity index (χ4v) is 1.60. The largest absolute Gasteiger partial charge is 0.442 e. The molecular formula is C11H12Cl2O2. The summed E-state index contributed by atoms with van der Waals surface area (Å²) in [7, 11) is 0. The number of hydrogen-bond acceptors (Lipinski definition) is 2. The van der Waals surface area contributed by atoms with Gasteiger partial charge in [-0.3, -0.25) is 0 Å². The van der Waals surface area contributed by atoms with Crippen LogP contribution in [0.3, 0.4) is 0 Å². The Labute approximate surface area is 99.1 Å². The van der Waals surface area contributed by atoms with E-state index in [2.05, 4.69) is 0 Å². The summed E-state index contributed by atoms with van der Waals surface area (Å²) in [5.41, 5.74) is -0.236. The number of halogens is 2. The molecule has 0 saturated heterocycles. The zero-order chi connectivity index (χ0) is 11.3. The van der Waals surface area contributed by atoms with Crippen molar-refractivity contribution in [3.05, 3.63) is 34.9 Å². The van der Waals surface area contributed by atoms with Crippen LogP contribution in [0.15, 0.2) is 24.3 Å².